The van der Waals surface area contributed by atoms with Crippen molar-refractivity contribution in [2.45, 2.75) is 0 Å². The van der Waals surface area contributed by atoms with Crippen molar-refractivity contribution in [3.63, 3.8) is 0 Å². The predicted octanol–water partition coefficient (Wildman–Crippen LogP) is 4.08. The van der Waals surface area contributed by atoms with Gasteiger partial charge < -0.3 is 4.90 Å². The minimum Gasteiger partial charge on any atom is -0.364 e. The van der Waals surface area contributed by atoms with Crippen LogP contribution in [-0.2, 0) is 0 Å². The lowest BCUT2D eigenvalue weighted by Gasteiger charge is -2.22. The molecule has 1 heteroatoms. The molecule has 2 aromatic carbocycles. The molecule has 0 aliphatic rings. The molecule has 2 aromatic rings. The standard InChI is InChI=1S/C17H17N/c1-4-10-18(11-5-2)17-9-8-15-12-14(3)6-7-16(15)13-17/h3-9,12-13H,1-2,10-11H2. The van der Waals surface area contributed by atoms with Crippen molar-refractivity contribution in [3.05, 3.63) is 74.2 Å². The summed E-state index contributed by atoms with van der Waals surface area (Å²) in [6, 6.07) is 12.3. The van der Waals surface area contributed by atoms with Gasteiger partial charge in [-0.05, 0) is 35.4 Å². The van der Waals surface area contributed by atoms with E-state index in [1.165, 1.54) is 11.1 Å². The second kappa shape index (κ2) is 5.54. The van der Waals surface area contributed by atoms with Gasteiger partial charge in [0.05, 0.1) is 0 Å². The summed E-state index contributed by atoms with van der Waals surface area (Å²) in [5.74, 6) is 0. The first-order chi connectivity index (χ1) is 8.74. The molecular weight excluding hydrogens is 218 g/mol. The molecule has 2 rings (SSSR count). The highest BCUT2D eigenvalue weighted by atomic mass is 15.1. The molecule has 2 radical (unpaired) electrons. The summed E-state index contributed by atoms with van der Waals surface area (Å²) in [5, 5.41) is 2.36. The van der Waals surface area contributed by atoms with Crippen LogP contribution in [-0.4, -0.2) is 13.1 Å². The van der Waals surface area contributed by atoms with Gasteiger partial charge in [-0.3, -0.25) is 0 Å². The molecule has 0 N–H and O–H groups in total. The summed E-state index contributed by atoms with van der Waals surface area (Å²) in [5.41, 5.74) is 1.97. The quantitative estimate of drug-likeness (QED) is 0.706. The number of anilines is 1. The maximum absolute atomic E-state index is 5.78. The molecule has 0 aliphatic carbocycles. The highest BCUT2D eigenvalue weighted by molar-refractivity contribution is 5.86. The van der Waals surface area contributed by atoms with Crippen molar-refractivity contribution in [1.82, 2.24) is 0 Å². The summed E-state index contributed by atoms with van der Waals surface area (Å²) in [6.45, 7) is 15.0. The van der Waals surface area contributed by atoms with Crippen LogP contribution < -0.4 is 4.90 Å². The highest BCUT2D eigenvalue weighted by Gasteiger charge is 2.03. The normalized spacial score (nSPS) is 10.3. The fourth-order valence-corrected chi connectivity index (χ4v) is 2.05. The molecule has 0 spiro atoms. The number of rotatable bonds is 5. The minimum absolute atomic E-state index is 0.796. The van der Waals surface area contributed by atoms with E-state index >= 15 is 0 Å². The van der Waals surface area contributed by atoms with Gasteiger partial charge in [-0.25, -0.2) is 0 Å². The monoisotopic (exact) mass is 235 g/mol. The van der Waals surface area contributed by atoms with Gasteiger partial charge in [-0.2, -0.15) is 0 Å². The molecule has 18 heavy (non-hydrogen) atoms. The summed E-state index contributed by atoms with van der Waals surface area (Å²) in [7, 11) is 0. The fourth-order valence-electron chi connectivity index (χ4n) is 2.05. The third kappa shape index (κ3) is 2.62. The van der Waals surface area contributed by atoms with Crippen LogP contribution in [0, 0.1) is 6.92 Å². The lowest BCUT2D eigenvalue weighted by atomic mass is 10.1. The van der Waals surface area contributed by atoms with Gasteiger partial charge in [-0.15, -0.1) is 13.2 Å². The van der Waals surface area contributed by atoms with Gasteiger partial charge in [0, 0.05) is 18.8 Å². The Labute approximate surface area is 109 Å². The SMILES string of the molecule is [CH]c1ccc2cc(N(CC=C)CC=C)ccc2c1. The van der Waals surface area contributed by atoms with E-state index in [0.29, 0.717) is 0 Å². The fraction of sp³-hybridized carbons (Fsp3) is 0.118. The van der Waals surface area contributed by atoms with Crippen LogP contribution in [0.15, 0.2) is 61.7 Å². The molecule has 1 nitrogen and oxygen atoms in total. The van der Waals surface area contributed by atoms with Crippen LogP contribution in [0.25, 0.3) is 10.8 Å². The van der Waals surface area contributed by atoms with E-state index in [1.54, 1.807) is 0 Å². The lowest BCUT2D eigenvalue weighted by Crippen LogP contribution is -2.22. The summed E-state index contributed by atoms with van der Waals surface area (Å²) in [6.07, 6.45) is 3.80. The smallest absolute Gasteiger partial charge is 0.0378 e. The van der Waals surface area contributed by atoms with Gasteiger partial charge >= 0.3 is 0 Å². The van der Waals surface area contributed by atoms with Gasteiger partial charge in [0.1, 0.15) is 0 Å². The molecule has 0 saturated heterocycles. The summed E-state index contributed by atoms with van der Waals surface area (Å²) >= 11 is 0. The minimum atomic E-state index is 0.796. The summed E-state index contributed by atoms with van der Waals surface area (Å²) in [4.78, 5) is 2.22. The number of hydrogen-bond donors (Lipinski definition) is 0. The van der Waals surface area contributed by atoms with Crippen LogP contribution >= 0.6 is 0 Å². The molecule has 0 amide bonds. The Kier molecular flexibility index (Phi) is 3.83. The third-order valence-electron chi connectivity index (χ3n) is 2.91. The molecular formula is C17H17N. The number of hydrogen-bond acceptors (Lipinski definition) is 1. The first-order valence-electron chi connectivity index (χ1n) is 6.00. The zero-order chi connectivity index (χ0) is 13.0. The van der Waals surface area contributed by atoms with Crippen molar-refractivity contribution in [1.29, 1.82) is 0 Å². The predicted molar refractivity (Wildman–Crippen MR) is 80.0 cm³/mol. The lowest BCUT2D eigenvalue weighted by molar-refractivity contribution is 0.958. The Morgan fingerprint density at radius 1 is 0.944 bits per heavy atom. The van der Waals surface area contributed by atoms with Crippen LogP contribution in [0.5, 0.6) is 0 Å². The van der Waals surface area contributed by atoms with E-state index in [1.807, 2.05) is 30.4 Å². The van der Waals surface area contributed by atoms with E-state index in [9.17, 15) is 0 Å². The molecule has 0 aromatic heterocycles. The van der Waals surface area contributed by atoms with Crippen molar-refractivity contribution in [2.24, 2.45) is 0 Å². The third-order valence-corrected chi connectivity index (χ3v) is 2.91. The molecule has 0 unspecified atom stereocenters. The van der Waals surface area contributed by atoms with Gasteiger partial charge in [0.2, 0.25) is 0 Å². The zero-order valence-corrected chi connectivity index (χ0v) is 10.5. The Hall–Kier alpha value is -2.02. The van der Waals surface area contributed by atoms with Crippen LogP contribution in [0.2, 0.25) is 0 Å². The molecule has 90 valence electrons. The maximum atomic E-state index is 5.78. The number of nitrogens with zero attached hydrogens (tertiary/aromatic N) is 1. The Morgan fingerprint density at radius 2 is 1.56 bits per heavy atom. The largest absolute Gasteiger partial charge is 0.364 e. The van der Waals surface area contributed by atoms with Crippen molar-refractivity contribution in [3.8, 4) is 0 Å². The second-order valence-electron chi connectivity index (χ2n) is 4.27. The van der Waals surface area contributed by atoms with E-state index < -0.39 is 0 Å². The maximum Gasteiger partial charge on any atom is 0.0378 e. The zero-order valence-electron chi connectivity index (χ0n) is 10.5. The molecule has 0 aliphatic heterocycles. The average Bonchev–Trinajstić information content (AvgIpc) is 2.38. The molecule has 0 atom stereocenters. The molecule has 0 bridgehead atoms. The van der Waals surface area contributed by atoms with E-state index in [0.717, 1.165) is 24.0 Å². The van der Waals surface area contributed by atoms with E-state index in [-0.39, 0.29) is 0 Å². The van der Waals surface area contributed by atoms with Gasteiger partial charge in [0.15, 0.2) is 0 Å². The van der Waals surface area contributed by atoms with Crippen LogP contribution in [0.4, 0.5) is 5.69 Å². The van der Waals surface area contributed by atoms with Crippen molar-refractivity contribution >= 4 is 16.5 Å². The molecule has 0 fully saturated rings. The van der Waals surface area contributed by atoms with Gasteiger partial charge in [0.25, 0.3) is 0 Å². The first kappa shape index (κ1) is 12.4. The highest BCUT2D eigenvalue weighted by Crippen LogP contribution is 2.23. The van der Waals surface area contributed by atoms with Crippen molar-refractivity contribution in [2.75, 3.05) is 18.0 Å². The molecule has 0 saturated carbocycles. The topological polar surface area (TPSA) is 3.24 Å². The van der Waals surface area contributed by atoms with E-state index in [2.05, 4.69) is 36.3 Å². The first-order valence-corrected chi connectivity index (χ1v) is 6.00. The van der Waals surface area contributed by atoms with Crippen LogP contribution in [0.1, 0.15) is 5.56 Å². The number of benzene rings is 2. The Balaban J connectivity index is 2.41. The van der Waals surface area contributed by atoms with E-state index in [4.69, 9.17) is 6.92 Å². The molecule has 0 heterocycles. The van der Waals surface area contributed by atoms with Crippen LogP contribution in [0.3, 0.4) is 0 Å². The van der Waals surface area contributed by atoms with Crippen molar-refractivity contribution < 1.29 is 0 Å². The summed E-state index contributed by atoms with van der Waals surface area (Å²) < 4.78 is 0. The van der Waals surface area contributed by atoms with Gasteiger partial charge in [-0.1, -0.05) is 36.4 Å². The Morgan fingerprint density at radius 3 is 2.22 bits per heavy atom. The Bertz CT molecular complexity index is 559. The average molecular weight is 235 g/mol. The second-order valence-corrected chi connectivity index (χ2v) is 4.27. The number of fused-ring (bicyclic) bond motifs is 1.